The van der Waals surface area contributed by atoms with Crippen LogP contribution in [-0.4, -0.2) is 44.0 Å². The molecule has 0 atom stereocenters. The van der Waals surface area contributed by atoms with Crippen LogP contribution in [0, 0.1) is 20.8 Å². The highest BCUT2D eigenvalue weighted by Crippen LogP contribution is 2.39. The monoisotopic (exact) mass is 541 g/mol. The SMILES string of the molecule is CCOC(=O)c1sc(NC(=O)CSc2nnc(-c3csc(C)c3-c3ccc(C)cc3)n2CC)nc1C. The molecule has 4 rings (SSSR count). The Morgan fingerprint density at radius 1 is 1.11 bits per heavy atom. The summed E-state index contributed by atoms with van der Waals surface area (Å²) >= 11 is 4.12. The van der Waals surface area contributed by atoms with Crippen molar-refractivity contribution in [3.63, 3.8) is 0 Å². The minimum atomic E-state index is -0.431. The fourth-order valence-corrected chi connectivity index (χ4v) is 6.24. The molecule has 3 aromatic heterocycles. The van der Waals surface area contributed by atoms with E-state index in [-0.39, 0.29) is 18.3 Å². The number of carbonyl (C=O) groups excluding carboxylic acids is 2. The van der Waals surface area contributed by atoms with E-state index in [1.54, 1.807) is 25.2 Å². The zero-order chi connectivity index (χ0) is 25.8. The van der Waals surface area contributed by atoms with Crippen molar-refractivity contribution in [3.8, 4) is 22.5 Å². The predicted molar refractivity (Wildman–Crippen MR) is 146 cm³/mol. The van der Waals surface area contributed by atoms with Crippen molar-refractivity contribution in [1.82, 2.24) is 19.7 Å². The number of esters is 1. The molecule has 1 N–H and O–H groups in total. The largest absolute Gasteiger partial charge is 0.462 e. The van der Waals surface area contributed by atoms with Gasteiger partial charge in [0.15, 0.2) is 16.1 Å². The second-order valence-corrected chi connectivity index (χ2v) is 11.0. The first-order valence-corrected chi connectivity index (χ1v) is 14.2. The number of thiophene rings is 1. The molecule has 0 fully saturated rings. The van der Waals surface area contributed by atoms with Crippen molar-refractivity contribution in [2.24, 2.45) is 0 Å². The van der Waals surface area contributed by atoms with Gasteiger partial charge >= 0.3 is 5.97 Å². The highest BCUT2D eigenvalue weighted by Gasteiger charge is 2.21. The molecule has 188 valence electrons. The number of nitrogens with zero attached hydrogens (tertiary/aromatic N) is 4. The fourth-order valence-electron chi connectivity index (χ4n) is 3.70. The molecule has 1 aromatic carbocycles. The molecule has 0 radical (unpaired) electrons. The first-order chi connectivity index (χ1) is 17.3. The van der Waals surface area contributed by atoms with Crippen LogP contribution in [0.3, 0.4) is 0 Å². The Hall–Kier alpha value is -3.02. The molecule has 0 saturated heterocycles. The van der Waals surface area contributed by atoms with E-state index < -0.39 is 5.97 Å². The standard InChI is InChI=1S/C25H27N5O3S3/c1-6-30-22(18-12-34-16(5)20(18)17-10-8-14(3)9-11-17)28-29-25(30)35-13-19(31)27-24-26-15(4)21(36-24)23(32)33-7-2/h8-12H,6-7,13H2,1-5H3,(H,26,27,31). The van der Waals surface area contributed by atoms with Gasteiger partial charge in [-0.1, -0.05) is 52.9 Å². The minimum Gasteiger partial charge on any atom is -0.462 e. The molecule has 11 heteroatoms. The smallest absolute Gasteiger partial charge is 0.350 e. The summed E-state index contributed by atoms with van der Waals surface area (Å²) in [5.74, 6) is 0.261. The summed E-state index contributed by atoms with van der Waals surface area (Å²) in [5.41, 5.74) is 5.10. The average molecular weight is 542 g/mol. The minimum absolute atomic E-state index is 0.138. The number of amides is 1. The summed E-state index contributed by atoms with van der Waals surface area (Å²) in [6.07, 6.45) is 0. The van der Waals surface area contributed by atoms with Crippen LogP contribution in [-0.2, 0) is 16.1 Å². The Balaban J connectivity index is 1.49. The van der Waals surface area contributed by atoms with Gasteiger partial charge in [-0.15, -0.1) is 21.5 Å². The number of rotatable bonds is 9. The van der Waals surface area contributed by atoms with Crippen LogP contribution in [0.2, 0.25) is 0 Å². The Kier molecular flexibility index (Phi) is 8.22. The number of nitrogens with one attached hydrogen (secondary N) is 1. The van der Waals surface area contributed by atoms with Gasteiger partial charge in [-0.3, -0.25) is 4.79 Å². The summed E-state index contributed by atoms with van der Waals surface area (Å²) in [6.45, 7) is 10.6. The number of hydrogen-bond donors (Lipinski definition) is 1. The topological polar surface area (TPSA) is 99.0 Å². The number of aryl methyl sites for hydroxylation is 3. The number of carbonyl (C=O) groups is 2. The van der Waals surface area contributed by atoms with Crippen molar-refractivity contribution < 1.29 is 14.3 Å². The van der Waals surface area contributed by atoms with Crippen molar-refractivity contribution in [2.75, 3.05) is 17.7 Å². The maximum atomic E-state index is 12.6. The van der Waals surface area contributed by atoms with Gasteiger partial charge in [0.25, 0.3) is 0 Å². The summed E-state index contributed by atoms with van der Waals surface area (Å²) in [6, 6.07) is 8.49. The van der Waals surface area contributed by atoms with Crippen molar-refractivity contribution >= 4 is 51.4 Å². The lowest BCUT2D eigenvalue weighted by Gasteiger charge is -2.09. The highest BCUT2D eigenvalue weighted by molar-refractivity contribution is 7.99. The number of thioether (sulfide) groups is 1. The summed E-state index contributed by atoms with van der Waals surface area (Å²) in [5, 5.41) is 14.8. The second kappa shape index (κ2) is 11.4. The van der Waals surface area contributed by atoms with Crippen molar-refractivity contribution in [2.45, 2.75) is 46.3 Å². The van der Waals surface area contributed by atoms with Crippen LogP contribution in [0.1, 0.15) is 39.7 Å². The zero-order valence-corrected chi connectivity index (χ0v) is 23.2. The van der Waals surface area contributed by atoms with Crippen LogP contribution in [0.25, 0.3) is 22.5 Å². The van der Waals surface area contributed by atoms with Crippen LogP contribution < -0.4 is 5.32 Å². The summed E-state index contributed by atoms with van der Waals surface area (Å²) < 4.78 is 7.07. The van der Waals surface area contributed by atoms with Gasteiger partial charge in [0, 0.05) is 27.9 Å². The molecule has 36 heavy (non-hydrogen) atoms. The third-order valence-corrected chi connectivity index (χ3v) is 8.36. The molecule has 0 aliphatic rings. The lowest BCUT2D eigenvalue weighted by Crippen LogP contribution is -2.14. The van der Waals surface area contributed by atoms with E-state index in [2.05, 4.69) is 64.0 Å². The average Bonchev–Trinajstić information content (AvgIpc) is 3.54. The van der Waals surface area contributed by atoms with Crippen LogP contribution >= 0.6 is 34.4 Å². The first kappa shape index (κ1) is 26.1. The van der Waals surface area contributed by atoms with Gasteiger partial charge in [0.05, 0.1) is 18.1 Å². The van der Waals surface area contributed by atoms with E-state index >= 15 is 0 Å². The van der Waals surface area contributed by atoms with E-state index in [0.717, 1.165) is 33.9 Å². The van der Waals surface area contributed by atoms with Gasteiger partial charge in [-0.2, -0.15) is 0 Å². The molecule has 8 nitrogen and oxygen atoms in total. The van der Waals surface area contributed by atoms with Crippen LogP contribution in [0.15, 0.2) is 34.8 Å². The van der Waals surface area contributed by atoms with E-state index in [4.69, 9.17) is 4.74 Å². The number of anilines is 1. The third kappa shape index (κ3) is 5.53. The lowest BCUT2D eigenvalue weighted by molar-refractivity contribution is -0.113. The fraction of sp³-hybridized carbons (Fsp3) is 0.320. The van der Waals surface area contributed by atoms with Gasteiger partial charge in [0.2, 0.25) is 5.91 Å². The number of benzene rings is 1. The molecular formula is C25H27N5O3S3. The van der Waals surface area contributed by atoms with Gasteiger partial charge < -0.3 is 14.6 Å². The number of hydrogen-bond acceptors (Lipinski definition) is 9. The number of thiazole rings is 1. The lowest BCUT2D eigenvalue weighted by atomic mass is 10.0. The van der Waals surface area contributed by atoms with E-state index in [0.29, 0.717) is 27.4 Å². The van der Waals surface area contributed by atoms with E-state index in [9.17, 15) is 9.59 Å². The molecule has 0 spiro atoms. The molecule has 0 unspecified atom stereocenters. The Morgan fingerprint density at radius 3 is 2.56 bits per heavy atom. The van der Waals surface area contributed by atoms with Gasteiger partial charge in [-0.05, 0) is 40.2 Å². The Morgan fingerprint density at radius 2 is 1.86 bits per heavy atom. The Bertz CT molecular complexity index is 1390. The van der Waals surface area contributed by atoms with E-state index in [1.807, 2.05) is 11.5 Å². The quantitative estimate of drug-likeness (QED) is 0.205. The molecule has 0 saturated carbocycles. The molecule has 3 heterocycles. The maximum absolute atomic E-state index is 12.6. The maximum Gasteiger partial charge on any atom is 0.350 e. The van der Waals surface area contributed by atoms with Crippen LogP contribution in [0.5, 0.6) is 0 Å². The summed E-state index contributed by atoms with van der Waals surface area (Å²) in [4.78, 5) is 30.5. The van der Waals surface area contributed by atoms with Gasteiger partial charge in [-0.25, -0.2) is 9.78 Å². The van der Waals surface area contributed by atoms with Crippen molar-refractivity contribution in [3.05, 3.63) is 50.7 Å². The second-order valence-electron chi connectivity index (χ2n) is 7.99. The Labute approximate surface area is 222 Å². The highest BCUT2D eigenvalue weighted by atomic mass is 32.2. The predicted octanol–water partition coefficient (Wildman–Crippen LogP) is 5.98. The molecule has 4 aromatic rings. The normalized spacial score (nSPS) is 11.0. The van der Waals surface area contributed by atoms with Gasteiger partial charge in [0.1, 0.15) is 4.88 Å². The molecule has 0 aliphatic carbocycles. The van der Waals surface area contributed by atoms with E-state index in [1.165, 1.54) is 22.2 Å². The molecule has 0 aliphatic heterocycles. The number of aromatic nitrogens is 4. The van der Waals surface area contributed by atoms with Crippen molar-refractivity contribution in [1.29, 1.82) is 0 Å². The summed E-state index contributed by atoms with van der Waals surface area (Å²) in [7, 11) is 0. The third-order valence-electron chi connectivity index (χ3n) is 5.43. The number of ether oxygens (including phenoxy) is 1. The van der Waals surface area contributed by atoms with Crippen LogP contribution in [0.4, 0.5) is 5.13 Å². The molecular weight excluding hydrogens is 515 g/mol. The first-order valence-electron chi connectivity index (χ1n) is 11.5. The molecule has 0 bridgehead atoms. The molecule has 1 amide bonds. The zero-order valence-electron chi connectivity index (χ0n) is 20.7.